The topological polar surface area (TPSA) is 50.7 Å². The lowest BCUT2D eigenvalue weighted by molar-refractivity contribution is 0.391. The van der Waals surface area contributed by atoms with Crippen LogP contribution in [0.1, 0.15) is 30.7 Å². The summed E-state index contributed by atoms with van der Waals surface area (Å²) in [4.78, 5) is 13.5. The van der Waals surface area contributed by atoms with Crippen LogP contribution >= 0.6 is 11.6 Å². The van der Waals surface area contributed by atoms with Gasteiger partial charge in [-0.25, -0.2) is 14.4 Å². The SMILES string of the molecule is Cc1cnccc1Nc1nc(-c2cc(Cl)ccc2F)nc2c1CC(C)(C)C2. The maximum atomic E-state index is 14.4. The highest BCUT2D eigenvalue weighted by molar-refractivity contribution is 6.30. The normalized spacial score (nSPS) is 14.9. The van der Waals surface area contributed by atoms with Crippen LogP contribution in [0.3, 0.4) is 0 Å². The van der Waals surface area contributed by atoms with Crippen LogP contribution < -0.4 is 5.32 Å². The summed E-state index contributed by atoms with van der Waals surface area (Å²) in [6, 6.07) is 6.35. The zero-order valence-electron chi connectivity index (χ0n) is 15.5. The highest BCUT2D eigenvalue weighted by Crippen LogP contribution is 2.40. The highest BCUT2D eigenvalue weighted by atomic mass is 35.5. The maximum Gasteiger partial charge on any atom is 0.164 e. The van der Waals surface area contributed by atoms with Crippen LogP contribution in [0.25, 0.3) is 11.4 Å². The van der Waals surface area contributed by atoms with E-state index in [-0.39, 0.29) is 11.2 Å². The number of nitrogens with one attached hydrogen (secondary N) is 1. The molecule has 1 aliphatic carbocycles. The zero-order valence-corrected chi connectivity index (χ0v) is 16.2. The number of hydrogen-bond donors (Lipinski definition) is 1. The van der Waals surface area contributed by atoms with Crippen LogP contribution in [0.2, 0.25) is 5.02 Å². The number of aryl methyl sites for hydroxylation is 1. The van der Waals surface area contributed by atoms with E-state index in [1.807, 2.05) is 13.0 Å². The summed E-state index contributed by atoms with van der Waals surface area (Å²) in [6.07, 6.45) is 5.22. The molecule has 1 aromatic carbocycles. The zero-order chi connectivity index (χ0) is 19.2. The standard InChI is InChI=1S/C21H20ClFN4/c1-12-11-24-7-6-17(12)25-20-15-9-21(2,3)10-18(15)26-19(27-20)14-8-13(22)4-5-16(14)23/h4-8,11H,9-10H2,1-3H3,(H,24,25,26,27). The summed E-state index contributed by atoms with van der Waals surface area (Å²) in [5.74, 6) is 0.678. The fourth-order valence-corrected chi connectivity index (χ4v) is 3.66. The van der Waals surface area contributed by atoms with Crippen molar-refractivity contribution in [2.75, 3.05) is 5.32 Å². The number of halogens is 2. The molecule has 27 heavy (non-hydrogen) atoms. The van der Waals surface area contributed by atoms with E-state index in [1.165, 1.54) is 12.1 Å². The van der Waals surface area contributed by atoms with Gasteiger partial charge in [-0.15, -0.1) is 0 Å². The summed E-state index contributed by atoms with van der Waals surface area (Å²) in [6.45, 7) is 6.39. The van der Waals surface area contributed by atoms with Gasteiger partial charge in [-0.3, -0.25) is 4.98 Å². The van der Waals surface area contributed by atoms with Crippen molar-refractivity contribution in [1.29, 1.82) is 0 Å². The van der Waals surface area contributed by atoms with E-state index in [0.717, 1.165) is 35.3 Å². The molecule has 0 aliphatic heterocycles. The van der Waals surface area contributed by atoms with Crippen molar-refractivity contribution in [3.05, 3.63) is 64.3 Å². The fraction of sp³-hybridized carbons (Fsp3) is 0.286. The molecule has 1 N–H and O–H groups in total. The van der Waals surface area contributed by atoms with Crippen molar-refractivity contribution in [3.8, 4) is 11.4 Å². The largest absolute Gasteiger partial charge is 0.340 e. The Bertz CT molecular complexity index is 1030. The molecule has 2 aromatic heterocycles. The quantitative estimate of drug-likeness (QED) is 0.649. The predicted molar refractivity (Wildman–Crippen MR) is 106 cm³/mol. The lowest BCUT2D eigenvalue weighted by Gasteiger charge is -2.15. The molecule has 0 saturated heterocycles. The van der Waals surface area contributed by atoms with Crippen LogP contribution in [0.4, 0.5) is 15.9 Å². The summed E-state index contributed by atoms with van der Waals surface area (Å²) in [7, 11) is 0. The third kappa shape index (κ3) is 3.52. The minimum atomic E-state index is -0.386. The van der Waals surface area contributed by atoms with Crippen LogP contribution in [0.5, 0.6) is 0 Å². The Labute approximate surface area is 162 Å². The third-order valence-corrected chi connectivity index (χ3v) is 5.07. The van der Waals surface area contributed by atoms with Gasteiger partial charge < -0.3 is 5.32 Å². The predicted octanol–water partition coefficient (Wildman–Crippen LogP) is 5.51. The molecule has 0 amide bonds. The van der Waals surface area contributed by atoms with Gasteiger partial charge in [0.15, 0.2) is 5.82 Å². The van der Waals surface area contributed by atoms with Crippen LogP contribution in [0.15, 0.2) is 36.7 Å². The van der Waals surface area contributed by atoms with E-state index in [2.05, 4.69) is 34.1 Å². The first-order chi connectivity index (χ1) is 12.8. The number of hydrogen-bond acceptors (Lipinski definition) is 4. The van der Waals surface area contributed by atoms with Gasteiger partial charge in [0.25, 0.3) is 0 Å². The van der Waals surface area contributed by atoms with E-state index in [0.29, 0.717) is 22.2 Å². The lowest BCUT2D eigenvalue weighted by Crippen LogP contribution is -2.10. The Morgan fingerprint density at radius 2 is 1.96 bits per heavy atom. The van der Waals surface area contributed by atoms with Crippen molar-refractivity contribution >= 4 is 23.1 Å². The molecule has 138 valence electrons. The smallest absolute Gasteiger partial charge is 0.164 e. The summed E-state index contributed by atoms with van der Waals surface area (Å²) < 4.78 is 14.4. The Kier molecular flexibility index (Phi) is 4.35. The molecule has 0 radical (unpaired) electrons. The average molecular weight is 383 g/mol. The number of anilines is 2. The van der Waals surface area contributed by atoms with Gasteiger partial charge in [0, 0.05) is 28.7 Å². The van der Waals surface area contributed by atoms with E-state index in [1.54, 1.807) is 18.5 Å². The molecule has 6 heteroatoms. The number of fused-ring (bicyclic) bond motifs is 1. The maximum absolute atomic E-state index is 14.4. The Morgan fingerprint density at radius 1 is 1.15 bits per heavy atom. The number of nitrogens with zero attached hydrogens (tertiary/aromatic N) is 3. The van der Waals surface area contributed by atoms with Gasteiger partial charge >= 0.3 is 0 Å². The molecule has 0 saturated carbocycles. The van der Waals surface area contributed by atoms with Crippen molar-refractivity contribution < 1.29 is 4.39 Å². The van der Waals surface area contributed by atoms with Gasteiger partial charge in [0.05, 0.1) is 11.3 Å². The molecule has 0 atom stereocenters. The van der Waals surface area contributed by atoms with Crippen LogP contribution in [-0.2, 0) is 12.8 Å². The van der Waals surface area contributed by atoms with Gasteiger partial charge in [-0.2, -0.15) is 0 Å². The first-order valence-electron chi connectivity index (χ1n) is 8.85. The molecule has 0 unspecified atom stereocenters. The number of aromatic nitrogens is 3. The van der Waals surface area contributed by atoms with E-state index in [9.17, 15) is 4.39 Å². The fourth-order valence-electron chi connectivity index (χ4n) is 3.49. The van der Waals surface area contributed by atoms with Gasteiger partial charge in [0.1, 0.15) is 11.6 Å². The molecule has 3 aromatic rings. The molecule has 4 nitrogen and oxygen atoms in total. The molecule has 0 spiro atoms. The summed E-state index contributed by atoms with van der Waals surface area (Å²) in [5, 5.41) is 3.86. The minimum Gasteiger partial charge on any atom is -0.340 e. The Hall–Kier alpha value is -2.53. The first kappa shape index (κ1) is 17.9. The average Bonchev–Trinajstić information content (AvgIpc) is 2.93. The van der Waals surface area contributed by atoms with Crippen LogP contribution in [-0.4, -0.2) is 15.0 Å². The monoisotopic (exact) mass is 382 g/mol. The van der Waals surface area contributed by atoms with Gasteiger partial charge in [-0.1, -0.05) is 25.4 Å². The molecule has 2 heterocycles. The highest BCUT2D eigenvalue weighted by Gasteiger charge is 2.33. The first-order valence-corrected chi connectivity index (χ1v) is 9.23. The second kappa shape index (κ2) is 6.57. The molecule has 1 aliphatic rings. The number of pyridine rings is 1. The molecule has 4 rings (SSSR count). The van der Waals surface area contributed by atoms with Crippen LogP contribution in [0, 0.1) is 18.2 Å². The Balaban J connectivity index is 1.86. The molecular formula is C21H20ClFN4. The number of rotatable bonds is 3. The van der Waals surface area contributed by atoms with Crippen molar-refractivity contribution in [2.45, 2.75) is 33.6 Å². The lowest BCUT2D eigenvalue weighted by atomic mass is 9.90. The minimum absolute atomic E-state index is 0.0895. The number of benzene rings is 1. The van der Waals surface area contributed by atoms with E-state index < -0.39 is 0 Å². The van der Waals surface area contributed by atoms with Gasteiger partial charge in [-0.05, 0) is 55.0 Å². The van der Waals surface area contributed by atoms with Crippen molar-refractivity contribution in [3.63, 3.8) is 0 Å². The third-order valence-electron chi connectivity index (χ3n) is 4.84. The van der Waals surface area contributed by atoms with Crippen molar-refractivity contribution in [2.24, 2.45) is 5.41 Å². The van der Waals surface area contributed by atoms with Gasteiger partial charge in [0.2, 0.25) is 0 Å². The molecule has 0 fully saturated rings. The van der Waals surface area contributed by atoms with Crippen molar-refractivity contribution in [1.82, 2.24) is 15.0 Å². The Morgan fingerprint density at radius 3 is 2.74 bits per heavy atom. The second-order valence-corrected chi connectivity index (χ2v) is 8.22. The molecular weight excluding hydrogens is 363 g/mol. The summed E-state index contributed by atoms with van der Waals surface area (Å²) >= 11 is 6.07. The van der Waals surface area contributed by atoms with E-state index in [4.69, 9.17) is 11.6 Å². The second-order valence-electron chi connectivity index (χ2n) is 7.78. The van der Waals surface area contributed by atoms with E-state index >= 15 is 0 Å². The summed E-state index contributed by atoms with van der Waals surface area (Å²) in [5.41, 5.74) is 4.38. The molecule has 0 bridgehead atoms.